The van der Waals surface area contributed by atoms with Crippen LogP contribution < -0.4 is 5.73 Å². The van der Waals surface area contributed by atoms with Gasteiger partial charge in [-0.05, 0) is 18.9 Å². The molecule has 2 N–H and O–H groups in total. The molecule has 0 saturated carbocycles. The fraction of sp³-hybridized carbons (Fsp3) is 0.400. The van der Waals surface area contributed by atoms with Gasteiger partial charge in [-0.25, -0.2) is 4.98 Å². The summed E-state index contributed by atoms with van der Waals surface area (Å²) in [5, 5.41) is 0. The highest BCUT2D eigenvalue weighted by molar-refractivity contribution is 5.22. The molecule has 1 heterocycles. The smallest absolute Gasteiger partial charge is 0.109 e. The first-order chi connectivity index (χ1) is 8.74. The molecule has 2 unspecified atom stereocenters. The molecule has 1 aromatic carbocycles. The number of hydrogen-bond donors (Lipinski definition) is 1. The van der Waals surface area contributed by atoms with Crippen LogP contribution in [0.25, 0.3) is 0 Å². The van der Waals surface area contributed by atoms with E-state index in [1.54, 1.807) is 0 Å². The van der Waals surface area contributed by atoms with Gasteiger partial charge in [0, 0.05) is 24.9 Å². The Bertz CT molecular complexity index is 473. The Hall–Kier alpha value is -1.61. The molecule has 0 aliphatic carbocycles. The second-order valence-corrected chi connectivity index (χ2v) is 4.72. The lowest BCUT2D eigenvalue weighted by molar-refractivity contribution is 0.478. The third kappa shape index (κ3) is 2.62. The number of imidazole rings is 1. The Kier molecular flexibility index (Phi) is 4.15. The SMILES string of the molecule is CCCc1nccn1C(c1ccccc1)C(C)N. The average Bonchev–Trinajstić information content (AvgIpc) is 2.79. The zero-order chi connectivity index (χ0) is 13.0. The number of hydrogen-bond acceptors (Lipinski definition) is 2. The second kappa shape index (κ2) is 5.83. The molecular formula is C15H21N3. The van der Waals surface area contributed by atoms with Crippen LogP contribution in [0, 0.1) is 0 Å². The number of rotatable bonds is 5. The highest BCUT2D eigenvalue weighted by Crippen LogP contribution is 2.23. The van der Waals surface area contributed by atoms with Gasteiger partial charge in [-0.1, -0.05) is 37.3 Å². The number of aromatic nitrogens is 2. The number of nitrogens with zero attached hydrogens (tertiary/aromatic N) is 2. The molecule has 0 amide bonds. The van der Waals surface area contributed by atoms with E-state index in [-0.39, 0.29) is 12.1 Å². The van der Waals surface area contributed by atoms with E-state index < -0.39 is 0 Å². The zero-order valence-electron chi connectivity index (χ0n) is 11.1. The van der Waals surface area contributed by atoms with E-state index in [1.807, 2.05) is 25.4 Å². The number of benzene rings is 1. The maximum absolute atomic E-state index is 6.18. The van der Waals surface area contributed by atoms with E-state index >= 15 is 0 Å². The summed E-state index contributed by atoms with van der Waals surface area (Å²) < 4.78 is 2.21. The molecule has 1 aromatic heterocycles. The van der Waals surface area contributed by atoms with Gasteiger partial charge < -0.3 is 10.3 Å². The summed E-state index contributed by atoms with van der Waals surface area (Å²) in [5.74, 6) is 1.11. The lowest BCUT2D eigenvalue weighted by Gasteiger charge is -2.24. The molecular weight excluding hydrogens is 222 g/mol. The molecule has 0 radical (unpaired) electrons. The van der Waals surface area contributed by atoms with Crippen LogP contribution in [-0.4, -0.2) is 15.6 Å². The van der Waals surface area contributed by atoms with Crippen LogP contribution in [0.4, 0.5) is 0 Å². The van der Waals surface area contributed by atoms with Crippen molar-refractivity contribution in [3.05, 3.63) is 54.1 Å². The number of nitrogens with two attached hydrogens (primary N) is 1. The van der Waals surface area contributed by atoms with Crippen molar-refractivity contribution in [1.29, 1.82) is 0 Å². The molecule has 2 aromatic rings. The van der Waals surface area contributed by atoms with Crippen LogP contribution in [0.3, 0.4) is 0 Å². The van der Waals surface area contributed by atoms with Crippen molar-refractivity contribution in [2.45, 2.75) is 38.8 Å². The van der Waals surface area contributed by atoms with Gasteiger partial charge in [0.25, 0.3) is 0 Å². The number of aryl methyl sites for hydroxylation is 1. The van der Waals surface area contributed by atoms with Gasteiger partial charge in [0.15, 0.2) is 0 Å². The summed E-state index contributed by atoms with van der Waals surface area (Å²) in [6.45, 7) is 4.22. The fourth-order valence-electron chi connectivity index (χ4n) is 2.38. The maximum atomic E-state index is 6.18. The van der Waals surface area contributed by atoms with Gasteiger partial charge in [-0.3, -0.25) is 0 Å². The molecule has 2 rings (SSSR count). The summed E-state index contributed by atoms with van der Waals surface area (Å²) in [6, 6.07) is 10.6. The van der Waals surface area contributed by atoms with Gasteiger partial charge in [0.05, 0.1) is 6.04 Å². The van der Waals surface area contributed by atoms with Crippen molar-refractivity contribution in [2.24, 2.45) is 5.73 Å². The quantitative estimate of drug-likeness (QED) is 0.877. The Morgan fingerprint density at radius 1 is 1.28 bits per heavy atom. The second-order valence-electron chi connectivity index (χ2n) is 4.72. The monoisotopic (exact) mass is 243 g/mol. The van der Waals surface area contributed by atoms with Crippen LogP contribution in [0.1, 0.15) is 37.7 Å². The van der Waals surface area contributed by atoms with E-state index in [1.165, 1.54) is 5.56 Å². The van der Waals surface area contributed by atoms with E-state index in [2.05, 4.69) is 40.7 Å². The van der Waals surface area contributed by atoms with Crippen molar-refractivity contribution < 1.29 is 0 Å². The Morgan fingerprint density at radius 3 is 2.61 bits per heavy atom. The summed E-state index contributed by atoms with van der Waals surface area (Å²) in [4.78, 5) is 4.44. The van der Waals surface area contributed by atoms with Crippen LogP contribution in [0.2, 0.25) is 0 Å². The largest absolute Gasteiger partial charge is 0.326 e. The first-order valence-electron chi connectivity index (χ1n) is 6.56. The summed E-state index contributed by atoms with van der Waals surface area (Å²) >= 11 is 0. The van der Waals surface area contributed by atoms with Crippen molar-refractivity contribution in [2.75, 3.05) is 0 Å². The highest BCUT2D eigenvalue weighted by Gasteiger charge is 2.20. The van der Waals surface area contributed by atoms with E-state index in [0.717, 1.165) is 18.7 Å². The topological polar surface area (TPSA) is 43.8 Å². The summed E-state index contributed by atoms with van der Waals surface area (Å²) in [6.07, 6.45) is 5.98. The van der Waals surface area contributed by atoms with Crippen molar-refractivity contribution in [1.82, 2.24) is 9.55 Å². The zero-order valence-corrected chi connectivity index (χ0v) is 11.1. The Labute approximate surface area is 109 Å². The summed E-state index contributed by atoms with van der Waals surface area (Å²) in [7, 11) is 0. The molecule has 3 nitrogen and oxygen atoms in total. The normalized spacial score (nSPS) is 14.4. The molecule has 3 heteroatoms. The van der Waals surface area contributed by atoms with Gasteiger partial charge in [-0.2, -0.15) is 0 Å². The molecule has 2 atom stereocenters. The van der Waals surface area contributed by atoms with Crippen LogP contribution in [-0.2, 0) is 6.42 Å². The van der Waals surface area contributed by atoms with Gasteiger partial charge in [0.1, 0.15) is 5.82 Å². The van der Waals surface area contributed by atoms with Crippen LogP contribution in [0.15, 0.2) is 42.7 Å². The first-order valence-corrected chi connectivity index (χ1v) is 6.56. The predicted octanol–water partition coefficient (Wildman–Crippen LogP) is 2.77. The lowest BCUT2D eigenvalue weighted by Crippen LogP contribution is -2.31. The third-order valence-electron chi connectivity index (χ3n) is 3.16. The molecule has 0 fully saturated rings. The molecule has 0 aliphatic rings. The predicted molar refractivity (Wildman–Crippen MR) is 74.5 cm³/mol. The first kappa shape index (κ1) is 12.8. The van der Waals surface area contributed by atoms with Crippen molar-refractivity contribution in [3.8, 4) is 0 Å². The maximum Gasteiger partial charge on any atom is 0.109 e. The standard InChI is InChI=1S/C15H21N3/c1-3-7-14-17-10-11-18(14)15(12(2)16)13-8-5-4-6-9-13/h4-6,8-12,15H,3,7,16H2,1-2H3. The van der Waals surface area contributed by atoms with Gasteiger partial charge in [0.2, 0.25) is 0 Å². The van der Waals surface area contributed by atoms with Crippen LogP contribution >= 0.6 is 0 Å². The molecule has 0 aliphatic heterocycles. The van der Waals surface area contributed by atoms with E-state index in [4.69, 9.17) is 5.73 Å². The molecule has 0 spiro atoms. The van der Waals surface area contributed by atoms with E-state index in [0.29, 0.717) is 0 Å². The Morgan fingerprint density at radius 2 is 2.00 bits per heavy atom. The van der Waals surface area contributed by atoms with Crippen LogP contribution in [0.5, 0.6) is 0 Å². The fourth-order valence-corrected chi connectivity index (χ4v) is 2.38. The van der Waals surface area contributed by atoms with Crippen molar-refractivity contribution >= 4 is 0 Å². The van der Waals surface area contributed by atoms with Crippen molar-refractivity contribution in [3.63, 3.8) is 0 Å². The highest BCUT2D eigenvalue weighted by atomic mass is 15.1. The third-order valence-corrected chi connectivity index (χ3v) is 3.16. The molecule has 96 valence electrons. The lowest BCUT2D eigenvalue weighted by atomic mass is 10.0. The van der Waals surface area contributed by atoms with Gasteiger partial charge in [-0.15, -0.1) is 0 Å². The minimum absolute atomic E-state index is 0.0530. The van der Waals surface area contributed by atoms with Gasteiger partial charge >= 0.3 is 0 Å². The minimum Gasteiger partial charge on any atom is -0.326 e. The minimum atomic E-state index is 0.0530. The Balaban J connectivity index is 2.39. The molecule has 0 bridgehead atoms. The molecule has 0 saturated heterocycles. The average molecular weight is 243 g/mol. The summed E-state index contributed by atoms with van der Waals surface area (Å²) in [5.41, 5.74) is 7.42. The van der Waals surface area contributed by atoms with E-state index in [9.17, 15) is 0 Å². The molecule has 18 heavy (non-hydrogen) atoms.